The molecule has 0 aromatic heterocycles. The maximum absolute atomic E-state index is 3.66. The van der Waals surface area contributed by atoms with Crippen molar-refractivity contribution in [3.05, 3.63) is 36.0 Å². The van der Waals surface area contributed by atoms with Gasteiger partial charge in [-0.05, 0) is 30.9 Å². The minimum atomic E-state index is 0.184. The van der Waals surface area contributed by atoms with E-state index in [0.717, 1.165) is 12.5 Å². The zero-order valence-electron chi connectivity index (χ0n) is 10.7. The fourth-order valence-electron chi connectivity index (χ4n) is 2.50. The van der Waals surface area contributed by atoms with Gasteiger partial charge in [-0.15, -0.1) is 0 Å². The fourth-order valence-corrected chi connectivity index (χ4v) is 2.50. The predicted octanol–water partition coefficient (Wildman–Crippen LogP) is 3.45. The number of rotatable bonds is 1. The molecule has 2 unspecified atom stereocenters. The minimum absolute atomic E-state index is 0.184. The molecule has 1 aliphatic carbocycles. The Bertz CT molecular complexity index is 325. The van der Waals surface area contributed by atoms with Crippen LogP contribution in [0.2, 0.25) is 0 Å². The third-order valence-electron chi connectivity index (χ3n) is 3.53. The lowest BCUT2D eigenvalue weighted by Crippen LogP contribution is -2.39. The molecule has 1 saturated heterocycles. The van der Waals surface area contributed by atoms with Crippen LogP contribution >= 0.6 is 0 Å². The van der Waals surface area contributed by atoms with Crippen molar-refractivity contribution >= 4 is 0 Å². The van der Waals surface area contributed by atoms with Crippen LogP contribution in [0.3, 0.4) is 0 Å². The van der Waals surface area contributed by atoms with E-state index < -0.39 is 0 Å². The smallest absolute Gasteiger partial charge is 0.0317 e. The van der Waals surface area contributed by atoms with E-state index in [4.69, 9.17) is 0 Å². The Balaban J connectivity index is 2.11. The van der Waals surface area contributed by atoms with Gasteiger partial charge < -0.3 is 5.32 Å². The summed E-state index contributed by atoms with van der Waals surface area (Å²) in [4.78, 5) is 0. The third-order valence-corrected chi connectivity index (χ3v) is 3.53. The van der Waals surface area contributed by atoms with Crippen molar-refractivity contribution in [2.45, 2.75) is 39.7 Å². The van der Waals surface area contributed by atoms with E-state index in [1.54, 1.807) is 0 Å². The molecule has 1 fully saturated rings. The van der Waals surface area contributed by atoms with Crippen LogP contribution in [0, 0.1) is 11.3 Å². The van der Waals surface area contributed by atoms with Gasteiger partial charge in [0.15, 0.2) is 0 Å². The van der Waals surface area contributed by atoms with Gasteiger partial charge in [-0.1, -0.05) is 51.2 Å². The standard InChI is InChI=1S/C15H23N/c1-12-7-8-14(16-11-12)13-6-4-5-9-15(2,3)10-13/h4-6,9-10,12,14,16H,7-8,11H2,1-3H3. The van der Waals surface area contributed by atoms with Crippen molar-refractivity contribution in [3.8, 4) is 0 Å². The van der Waals surface area contributed by atoms with Crippen molar-refractivity contribution in [2.75, 3.05) is 6.54 Å². The molecule has 0 spiro atoms. The Kier molecular flexibility index (Phi) is 3.34. The lowest BCUT2D eigenvalue weighted by molar-refractivity contribution is 0.354. The van der Waals surface area contributed by atoms with Gasteiger partial charge >= 0.3 is 0 Å². The maximum atomic E-state index is 3.66. The average Bonchev–Trinajstić information content (AvgIpc) is 2.40. The highest BCUT2D eigenvalue weighted by Crippen LogP contribution is 2.28. The van der Waals surface area contributed by atoms with Crippen LogP contribution in [-0.2, 0) is 0 Å². The van der Waals surface area contributed by atoms with E-state index >= 15 is 0 Å². The molecule has 1 heteroatoms. The van der Waals surface area contributed by atoms with Crippen LogP contribution in [0.4, 0.5) is 0 Å². The van der Waals surface area contributed by atoms with Gasteiger partial charge in [-0.25, -0.2) is 0 Å². The lowest BCUT2D eigenvalue weighted by atomic mass is 9.86. The maximum Gasteiger partial charge on any atom is 0.0317 e. The van der Waals surface area contributed by atoms with Gasteiger partial charge in [0.25, 0.3) is 0 Å². The molecular weight excluding hydrogens is 194 g/mol. The molecule has 1 heterocycles. The largest absolute Gasteiger partial charge is 0.310 e. The van der Waals surface area contributed by atoms with Crippen molar-refractivity contribution in [1.29, 1.82) is 0 Å². The van der Waals surface area contributed by atoms with Gasteiger partial charge in [0.05, 0.1) is 0 Å². The predicted molar refractivity (Wildman–Crippen MR) is 70.3 cm³/mol. The summed E-state index contributed by atoms with van der Waals surface area (Å²) in [5.74, 6) is 0.831. The zero-order valence-corrected chi connectivity index (χ0v) is 10.7. The van der Waals surface area contributed by atoms with Crippen molar-refractivity contribution in [3.63, 3.8) is 0 Å². The molecule has 1 aliphatic heterocycles. The molecule has 2 aliphatic rings. The van der Waals surface area contributed by atoms with E-state index in [2.05, 4.69) is 56.5 Å². The molecule has 0 bridgehead atoms. The summed E-state index contributed by atoms with van der Waals surface area (Å²) in [6.07, 6.45) is 13.9. The molecular formula is C15H23N. The molecule has 0 radical (unpaired) electrons. The number of nitrogens with one attached hydrogen (secondary N) is 1. The number of hydrogen-bond acceptors (Lipinski definition) is 1. The summed E-state index contributed by atoms with van der Waals surface area (Å²) in [7, 11) is 0. The summed E-state index contributed by atoms with van der Waals surface area (Å²) in [5.41, 5.74) is 1.64. The first-order valence-electron chi connectivity index (χ1n) is 6.39. The van der Waals surface area contributed by atoms with E-state index in [0.29, 0.717) is 6.04 Å². The first kappa shape index (κ1) is 11.7. The molecule has 0 aromatic carbocycles. The highest BCUT2D eigenvalue weighted by Gasteiger charge is 2.22. The monoisotopic (exact) mass is 217 g/mol. The quantitative estimate of drug-likeness (QED) is 0.709. The van der Waals surface area contributed by atoms with Crippen LogP contribution in [0.5, 0.6) is 0 Å². The number of piperidine rings is 1. The lowest BCUT2D eigenvalue weighted by Gasteiger charge is -2.30. The van der Waals surface area contributed by atoms with E-state index in [-0.39, 0.29) is 5.41 Å². The van der Waals surface area contributed by atoms with Crippen LogP contribution in [0.1, 0.15) is 33.6 Å². The highest BCUT2D eigenvalue weighted by molar-refractivity contribution is 5.34. The summed E-state index contributed by atoms with van der Waals surface area (Å²) in [5, 5.41) is 3.66. The van der Waals surface area contributed by atoms with Crippen molar-refractivity contribution in [1.82, 2.24) is 5.32 Å². The summed E-state index contributed by atoms with van der Waals surface area (Å²) >= 11 is 0. The van der Waals surface area contributed by atoms with Gasteiger partial charge in [-0.3, -0.25) is 0 Å². The molecule has 0 amide bonds. The number of allylic oxidation sites excluding steroid dienone is 4. The third kappa shape index (κ3) is 2.85. The Hall–Kier alpha value is -0.820. The first-order chi connectivity index (χ1) is 7.57. The zero-order chi connectivity index (χ0) is 11.6. The van der Waals surface area contributed by atoms with Gasteiger partial charge in [0.1, 0.15) is 0 Å². The SMILES string of the molecule is CC1CCC(C2=CC(C)(C)C=CC=C2)NC1. The second-order valence-electron chi connectivity index (χ2n) is 5.83. The van der Waals surface area contributed by atoms with E-state index in [1.807, 2.05) is 0 Å². The van der Waals surface area contributed by atoms with Gasteiger partial charge in [0, 0.05) is 11.5 Å². The second kappa shape index (κ2) is 4.58. The Morgan fingerprint density at radius 3 is 2.75 bits per heavy atom. The van der Waals surface area contributed by atoms with Crippen LogP contribution in [0.25, 0.3) is 0 Å². The number of hydrogen-bond donors (Lipinski definition) is 1. The molecule has 2 atom stereocenters. The van der Waals surface area contributed by atoms with Crippen molar-refractivity contribution < 1.29 is 0 Å². The first-order valence-corrected chi connectivity index (χ1v) is 6.39. The molecule has 0 saturated carbocycles. The van der Waals surface area contributed by atoms with Crippen molar-refractivity contribution in [2.24, 2.45) is 11.3 Å². The Morgan fingerprint density at radius 1 is 1.25 bits per heavy atom. The molecule has 1 nitrogen and oxygen atoms in total. The summed E-state index contributed by atoms with van der Waals surface area (Å²) in [6.45, 7) is 8.01. The fraction of sp³-hybridized carbons (Fsp3) is 0.600. The van der Waals surface area contributed by atoms with Crippen LogP contribution < -0.4 is 5.32 Å². The molecule has 16 heavy (non-hydrogen) atoms. The van der Waals surface area contributed by atoms with Gasteiger partial charge in [0.2, 0.25) is 0 Å². The van der Waals surface area contributed by atoms with Crippen LogP contribution in [0.15, 0.2) is 36.0 Å². The molecule has 1 N–H and O–H groups in total. The van der Waals surface area contributed by atoms with Crippen LogP contribution in [-0.4, -0.2) is 12.6 Å². The Labute approximate surface area is 99.3 Å². The average molecular weight is 217 g/mol. The van der Waals surface area contributed by atoms with E-state index in [1.165, 1.54) is 18.4 Å². The van der Waals surface area contributed by atoms with E-state index in [9.17, 15) is 0 Å². The molecule has 88 valence electrons. The highest BCUT2D eigenvalue weighted by atomic mass is 14.9. The molecule has 2 rings (SSSR count). The second-order valence-corrected chi connectivity index (χ2v) is 5.83. The summed E-state index contributed by atoms with van der Waals surface area (Å²) < 4.78 is 0. The Morgan fingerprint density at radius 2 is 2.06 bits per heavy atom. The normalized spacial score (nSPS) is 33.3. The topological polar surface area (TPSA) is 12.0 Å². The summed E-state index contributed by atoms with van der Waals surface area (Å²) in [6, 6.07) is 0.562. The molecule has 0 aromatic rings. The minimum Gasteiger partial charge on any atom is -0.310 e. The van der Waals surface area contributed by atoms with Gasteiger partial charge in [-0.2, -0.15) is 0 Å².